The van der Waals surface area contributed by atoms with Gasteiger partial charge in [0.15, 0.2) is 0 Å². The zero-order chi connectivity index (χ0) is 15.9. The van der Waals surface area contributed by atoms with E-state index in [4.69, 9.17) is 5.73 Å². The maximum Gasteiger partial charge on any atom is 0.416 e. The van der Waals surface area contributed by atoms with Crippen molar-refractivity contribution in [3.63, 3.8) is 0 Å². The highest BCUT2D eigenvalue weighted by Crippen LogP contribution is 2.40. The highest BCUT2D eigenvalue weighted by Gasteiger charge is 2.47. The van der Waals surface area contributed by atoms with Gasteiger partial charge in [-0.1, -0.05) is 36.4 Å². The lowest BCUT2D eigenvalue weighted by Gasteiger charge is -2.45. The number of rotatable bonds is 2. The summed E-state index contributed by atoms with van der Waals surface area (Å²) in [6, 6.07) is 12.6. The van der Waals surface area contributed by atoms with E-state index >= 15 is 0 Å². The van der Waals surface area contributed by atoms with Crippen LogP contribution in [0.15, 0.2) is 54.6 Å². The minimum atomic E-state index is -4.45. The molecule has 1 heterocycles. The predicted octanol–water partition coefficient (Wildman–Crippen LogP) is 3.12. The molecule has 0 aliphatic carbocycles. The average molecular weight is 306 g/mol. The molecule has 22 heavy (non-hydrogen) atoms. The van der Waals surface area contributed by atoms with Gasteiger partial charge in [0.1, 0.15) is 6.04 Å². The second-order valence-electron chi connectivity index (χ2n) is 5.14. The van der Waals surface area contributed by atoms with Gasteiger partial charge in [-0.05, 0) is 23.8 Å². The Morgan fingerprint density at radius 2 is 1.68 bits per heavy atom. The lowest BCUT2D eigenvalue weighted by molar-refractivity contribution is -0.137. The molecule has 1 fully saturated rings. The molecule has 2 N–H and O–H groups in total. The summed E-state index contributed by atoms with van der Waals surface area (Å²) in [5.41, 5.74) is 6.05. The van der Waals surface area contributed by atoms with E-state index < -0.39 is 23.8 Å². The minimum Gasteiger partial charge on any atom is -0.318 e. The van der Waals surface area contributed by atoms with Crippen LogP contribution in [0.25, 0.3) is 0 Å². The molecular formula is C16H13F3N2O. The van der Waals surface area contributed by atoms with E-state index in [1.54, 1.807) is 24.3 Å². The highest BCUT2D eigenvalue weighted by molar-refractivity contribution is 6.05. The van der Waals surface area contributed by atoms with E-state index in [1.165, 1.54) is 17.0 Å². The number of halogens is 3. The Bertz CT molecular complexity index is 700. The van der Waals surface area contributed by atoms with Gasteiger partial charge in [0.2, 0.25) is 5.91 Å². The molecule has 1 aliphatic rings. The molecule has 2 aromatic carbocycles. The molecule has 114 valence electrons. The second kappa shape index (κ2) is 5.14. The monoisotopic (exact) mass is 306 g/mol. The first kappa shape index (κ1) is 14.6. The number of benzene rings is 2. The molecule has 2 aromatic rings. The first-order valence-electron chi connectivity index (χ1n) is 6.70. The summed E-state index contributed by atoms with van der Waals surface area (Å²) in [7, 11) is 0. The Morgan fingerprint density at radius 3 is 2.32 bits per heavy atom. The molecule has 3 rings (SSSR count). The van der Waals surface area contributed by atoms with E-state index in [9.17, 15) is 18.0 Å². The van der Waals surface area contributed by atoms with Crippen LogP contribution < -0.4 is 10.6 Å². The first-order chi connectivity index (χ1) is 10.4. The maximum absolute atomic E-state index is 12.8. The molecule has 1 saturated heterocycles. The molecule has 0 bridgehead atoms. The number of carbonyl (C=O) groups is 1. The van der Waals surface area contributed by atoms with Gasteiger partial charge in [-0.3, -0.25) is 4.79 Å². The van der Waals surface area contributed by atoms with Crippen LogP contribution in [0.2, 0.25) is 0 Å². The maximum atomic E-state index is 12.8. The fraction of sp³-hybridized carbons (Fsp3) is 0.188. The topological polar surface area (TPSA) is 46.3 Å². The zero-order valence-corrected chi connectivity index (χ0v) is 11.4. The third-order valence-corrected chi connectivity index (χ3v) is 3.73. The van der Waals surface area contributed by atoms with Crippen LogP contribution in [0.3, 0.4) is 0 Å². The molecule has 1 aliphatic heterocycles. The third-order valence-electron chi connectivity index (χ3n) is 3.73. The van der Waals surface area contributed by atoms with Gasteiger partial charge in [-0.15, -0.1) is 0 Å². The molecule has 2 unspecified atom stereocenters. The number of nitrogens with zero attached hydrogens (tertiary/aromatic N) is 1. The number of anilines is 1. The third kappa shape index (κ3) is 2.35. The molecule has 1 amide bonds. The van der Waals surface area contributed by atoms with Crippen molar-refractivity contribution in [3.8, 4) is 0 Å². The predicted molar refractivity (Wildman–Crippen MR) is 76.1 cm³/mol. The smallest absolute Gasteiger partial charge is 0.318 e. The van der Waals surface area contributed by atoms with Crippen LogP contribution in [-0.2, 0) is 11.0 Å². The van der Waals surface area contributed by atoms with Gasteiger partial charge in [0, 0.05) is 5.69 Å². The van der Waals surface area contributed by atoms with E-state index in [2.05, 4.69) is 0 Å². The fourth-order valence-electron chi connectivity index (χ4n) is 2.64. The molecule has 3 nitrogen and oxygen atoms in total. The van der Waals surface area contributed by atoms with Crippen LogP contribution in [0, 0.1) is 0 Å². The number of alkyl halides is 3. The number of hydrogen-bond donors (Lipinski definition) is 1. The molecule has 0 aromatic heterocycles. The first-order valence-corrected chi connectivity index (χ1v) is 6.70. The van der Waals surface area contributed by atoms with Crippen LogP contribution in [-0.4, -0.2) is 11.9 Å². The Morgan fingerprint density at radius 1 is 1.00 bits per heavy atom. The van der Waals surface area contributed by atoms with Crippen molar-refractivity contribution >= 4 is 11.6 Å². The normalized spacial score (nSPS) is 21.6. The zero-order valence-electron chi connectivity index (χ0n) is 11.4. The van der Waals surface area contributed by atoms with Gasteiger partial charge >= 0.3 is 6.18 Å². The number of β-lactam (4-membered cyclic amide) rings is 1. The summed E-state index contributed by atoms with van der Waals surface area (Å²) in [6.07, 6.45) is -4.45. The molecule has 0 saturated carbocycles. The van der Waals surface area contributed by atoms with Crippen molar-refractivity contribution in [2.45, 2.75) is 18.3 Å². The largest absolute Gasteiger partial charge is 0.416 e. The molecule has 2 atom stereocenters. The van der Waals surface area contributed by atoms with Crippen LogP contribution >= 0.6 is 0 Å². The van der Waals surface area contributed by atoms with E-state index in [1.807, 2.05) is 6.07 Å². The van der Waals surface area contributed by atoms with Gasteiger partial charge in [0.05, 0.1) is 11.6 Å². The summed E-state index contributed by atoms with van der Waals surface area (Å²) in [4.78, 5) is 13.3. The lowest BCUT2D eigenvalue weighted by Crippen LogP contribution is -2.63. The van der Waals surface area contributed by atoms with E-state index in [0.717, 1.165) is 17.7 Å². The van der Waals surface area contributed by atoms with Crippen LogP contribution in [0.1, 0.15) is 17.2 Å². The van der Waals surface area contributed by atoms with Crippen molar-refractivity contribution in [2.75, 3.05) is 4.90 Å². The number of hydrogen-bond acceptors (Lipinski definition) is 2. The standard InChI is InChI=1S/C16H13F3N2O/c17-16(18,19)11-7-4-8-12(9-11)21-14(13(20)15(21)22)10-5-2-1-3-6-10/h1-9,13-14H,20H2. The van der Waals surface area contributed by atoms with E-state index in [-0.39, 0.29) is 11.6 Å². The van der Waals surface area contributed by atoms with Crippen LogP contribution in [0.4, 0.5) is 18.9 Å². The van der Waals surface area contributed by atoms with Crippen molar-refractivity contribution in [1.29, 1.82) is 0 Å². The Kier molecular flexibility index (Phi) is 3.41. The van der Waals surface area contributed by atoms with Crippen molar-refractivity contribution in [3.05, 3.63) is 65.7 Å². The SMILES string of the molecule is NC1C(=O)N(c2cccc(C(F)(F)F)c2)C1c1ccccc1. The van der Waals surface area contributed by atoms with E-state index in [0.29, 0.717) is 0 Å². The Balaban J connectivity index is 1.98. The second-order valence-corrected chi connectivity index (χ2v) is 5.14. The summed E-state index contributed by atoms with van der Waals surface area (Å²) < 4.78 is 38.5. The average Bonchev–Trinajstić information content (AvgIpc) is 2.51. The van der Waals surface area contributed by atoms with Crippen LogP contribution in [0.5, 0.6) is 0 Å². The molecule has 6 heteroatoms. The molecular weight excluding hydrogens is 293 g/mol. The van der Waals surface area contributed by atoms with Gasteiger partial charge in [-0.2, -0.15) is 13.2 Å². The van der Waals surface area contributed by atoms with Crippen molar-refractivity contribution in [1.82, 2.24) is 0 Å². The summed E-state index contributed by atoms with van der Waals surface area (Å²) in [5, 5.41) is 0. The van der Waals surface area contributed by atoms with Crippen molar-refractivity contribution < 1.29 is 18.0 Å². The van der Waals surface area contributed by atoms with Gasteiger partial charge in [0.25, 0.3) is 0 Å². The summed E-state index contributed by atoms with van der Waals surface area (Å²) in [6.45, 7) is 0. The minimum absolute atomic E-state index is 0.204. The fourth-order valence-corrected chi connectivity index (χ4v) is 2.64. The quantitative estimate of drug-likeness (QED) is 0.867. The lowest BCUT2D eigenvalue weighted by atomic mass is 9.88. The Hall–Kier alpha value is -2.34. The number of amides is 1. The number of carbonyl (C=O) groups excluding carboxylic acids is 1. The highest BCUT2D eigenvalue weighted by atomic mass is 19.4. The van der Waals surface area contributed by atoms with Crippen molar-refractivity contribution in [2.24, 2.45) is 5.73 Å². The van der Waals surface area contributed by atoms with Gasteiger partial charge < -0.3 is 10.6 Å². The Labute approximate surface area is 125 Å². The summed E-state index contributed by atoms with van der Waals surface area (Å²) in [5.74, 6) is -0.381. The summed E-state index contributed by atoms with van der Waals surface area (Å²) >= 11 is 0. The molecule has 0 radical (unpaired) electrons. The van der Waals surface area contributed by atoms with Gasteiger partial charge in [-0.25, -0.2) is 0 Å². The molecule has 0 spiro atoms. The number of nitrogens with two attached hydrogens (primary N) is 1.